The molecule has 3 rings (SSSR count). The maximum atomic E-state index is 12.0. The van der Waals surface area contributed by atoms with E-state index in [2.05, 4.69) is 24.4 Å². The van der Waals surface area contributed by atoms with Crippen LogP contribution in [0.25, 0.3) is 11.5 Å². The molecule has 3 aromatic heterocycles. The third-order valence-corrected chi connectivity index (χ3v) is 4.02. The van der Waals surface area contributed by atoms with Gasteiger partial charge in [0.2, 0.25) is 10.0 Å². The molecule has 0 aliphatic rings. The fourth-order valence-electron chi connectivity index (χ4n) is 1.69. The van der Waals surface area contributed by atoms with Gasteiger partial charge >= 0.3 is 0 Å². The molecular formula is C12H10N4O4S. The molecule has 0 radical (unpaired) electrons. The summed E-state index contributed by atoms with van der Waals surface area (Å²) < 4.78 is 36.2. The van der Waals surface area contributed by atoms with Crippen molar-refractivity contribution in [3.63, 3.8) is 0 Å². The fraction of sp³-hybridized carbons (Fsp3) is 0.0833. The number of nitrogens with one attached hydrogen (secondary N) is 1. The zero-order valence-corrected chi connectivity index (χ0v) is 11.4. The van der Waals surface area contributed by atoms with Gasteiger partial charge in [-0.05, 0) is 12.1 Å². The number of hydrogen-bond acceptors (Lipinski definition) is 7. The van der Waals surface area contributed by atoms with Crippen LogP contribution in [0, 0.1) is 0 Å². The first-order valence-electron chi connectivity index (χ1n) is 5.89. The minimum Gasteiger partial charge on any atom is -0.463 e. The molecule has 0 amide bonds. The summed E-state index contributed by atoms with van der Waals surface area (Å²) in [6, 6.07) is 3.44. The molecule has 0 unspecified atom stereocenters. The molecule has 8 nitrogen and oxygen atoms in total. The van der Waals surface area contributed by atoms with Crippen molar-refractivity contribution >= 4 is 10.0 Å². The van der Waals surface area contributed by atoms with E-state index in [1.807, 2.05) is 0 Å². The van der Waals surface area contributed by atoms with Gasteiger partial charge in [-0.2, -0.15) is 0 Å². The van der Waals surface area contributed by atoms with Crippen LogP contribution in [0.2, 0.25) is 0 Å². The summed E-state index contributed by atoms with van der Waals surface area (Å²) >= 11 is 0. The van der Waals surface area contributed by atoms with Gasteiger partial charge in [-0.15, -0.1) is 0 Å². The lowest BCUT2D eigenvalue weighted by Gasteiger charge is -2.06. The lowest BCUT2D eigenvalue weighted by molar-refractivity contribution is 0.417. The van der Waals surface area contributed by atoms with Crippen LogP contribution >= 0.6 is 0 Å². The van der Waals surface area contributed by atoms with Gasteiger partial charge in [0.05, 0.1) is 24.7 Å². The normalized spacial score (nSPS) is 11.6. The lowest BCUT2D eigenvalue weighted by Crippen LogP contribution is -2.23. The molecule has 3 heterocycles. The summed E-state index contributed by atoms with van der Waals surface area (Å²) in [5.41, 5.74) is 0.933. The number of hydrogen-bond donors (Lipinski definition) is 1. The van der Waals surface area contributed by atoms with Crippen molar-refractivity contribution in [2.75, 3.05) is 0 Å². The summed E-state index contributed by atoms with van der Waals surface area (Å²) in [6.07, 6.45) is 6.67. The Hall–Kier alpha value is -2.52. The highest BCUT2D eigenvalue weighted by atomic mass is 32.2. The molecule has 108 valence electrons. The second-order valence-corrected chi connectivity index (χ2v) is 5.78. The molecular weight excluding hydrogens is 296 g/mol. The van der Waals surface area contributed by atoms with E-state index in [1.54, 1.807) is 12.1 Å². The van der Waals surface area contributed by atoms with Crippen molar-refractivity contribution in [1.82, 2.24) is 19.8 Å². The van der Waals surface area contributed by atoms with Gasteiger partial charge in [0.15, 0.2) is 5.76 Å². The minimum absolute atomic E-state index is 0.0304. The van der Waals surface area contributed by atoms with Crippen molar-refractivity contribution in [2.24, 2.45) is 0 Å². The number of rotatable bonds is 5. The summed E-state index contributed by atoms with van der Waals surface area (Å²) in [4.78, 5) is 8.24. The van der Waals surface area contributed by atoms with Crippen LogP contribution in [-0.2, 0) is 16.6 Å². The zero-order valence-electron chi connectivity index (χ0n) is 10.6. The monoisotopic (exact) mass is 306 g/mol. The Labute approximate surface area is 119 Å². The van der Waals surface area contributed by atoms with E-state index < -0.39 is 10.0 Å². The molecule has 0 atom stereocenters. The molecule has 0 saturated carbocycles. The maximum Gasteiger partial charge on any atom is 0.245 e. The molecule has 0 aliphatic carbocycles. The third-order valence-electron chi connectivity index (χ3n) is 2.68. The molecule has 0 aromatic carbocycles. The highest BCUT2D eigenvalue weighted by Crippen LogP contribution is 2.20. The number of nitrogens with zero attached hydrogens (tertiary/aromatic N) is 3. The van der Waals surface area contributed by atoms with E-state index in [1.165, 1.54) is 18.7 Å². The molecule has 0 spiro atoms. The fourth-order valence-corrected chi connectivity index (χ4v) is 2.53. The smallest absolute Gasteiger partial charge is 0.245 e. The maximum absolute atomic E-state index is 12.0. The highest BCUT2D eigenvalue weighted by molar-refractivity contribution is 7.89. The van der Waals surface area contributed by atoms with Gasteiger partial charge in [0.1, 0.15) is 16.9 Å². The predicted molar refractivity (Wildman–Crippen MR) is 70.3 cm³/mol. The van der Waals surface area contributed by atoms with Gasteiger partial charge in [-0.3, -0.25) is 4.98 Å². The number of furan rings is 1. The first kappa shape index (κ1) is 13.5. The summed E-state index contributed by atoms with van der Waals surface area (Å²) in [5.74, 6) is 0.516. The molecule has 0 aliphatic heterocycles. The van der Waals surface area contributed by atoms with E-state index in [4.69, 9.17) is 4.42 Å². The van der Waals surface area contributed by atoms with Gasteiger partial charge < -0.3 is 8.94 Å². The zero-order chi connectivity index (χ0) is 14.7. The molecule has 21 heavy (non-hydrogen) atoms. The molecule has 9 heteroatoms. The molecule has 3 aromatic rings. The van der Waals surface area contributed by atoms with E-state index in [9.17, 15) is 8.42 Å². The topological polar surface area (TPSA) is 111 Å². The van der Waals surface area contributed by atoms with Gasteiger partial charge in [0, 0.05) is 12.4 Å². The minimum atomic E-state index is -3.71. The van der Waals surface area contributed by atoms with Crippen LogP contribution in [0.5, 0.6) is 0 Å². The Morgan fingerprint density at radius 2 is 2.10 bits per heavy atom. The lowest BCUT2D eigenvalue weighted by atomic mass is 10.2. The SMILES string of the molecule is O=S(=O)(NCc1nccnc1-c1ccco1)c1cnoc1. The summed E-state index contributed by atoms with van der Waals surface area (Å²) in [7, 11) is -3.71. The van der Waals surface area contributed by atoms with Crippen molar-refractivity contribution in [3.8, 4) is 11.5 Å². The van der Waals surface area contributed by atoms with E-state index >= 15 is 0 Å². The quantitative estimate of drug-likeness (QED) is 0.753. The van der Waals surface area contributed by atoms with Gasteiger partial charge in [0.25, 0.3) is 0 Å². The van der Waals surface area contributed by atoms with Crippen LogP contribution in [0.3, 0.4) is 0 Å². The van der Waals surface area contributed by atoms with Crippen molar-refractivity contribution in [1.29, 1.82) is 0 Å². The van der Waals surface area contributed by atoms with Crippen LogP contribution in [-0.4, -0.2) is 23.5 Å². The van der Waals surface area contributed by atoms with Crippen LogP contribution in [0.4, 0.5) is 0 Å². The van der Waals surface area contributed by atoms with Crippen molar-refractivity contribution < 1.29 is 17.4 Å². The van der Waals surface area contributed by atoms with Gasteiger partial charge in [-0.25, -0.2) is 18.1 Å². The Kier molecular flexibility index (Phi) is 3.50. The van der Waals surface area contributed by atoms with E-state index in [0.29, 0.717) is 17.1 Å². The highest BCUT2D eigenvalue weighted by Gasteiger charge is 2.18. The van der Waals surface area contributed by atoms with Crippen molar-refractivity contribution in [2.45, 2.75) is 11.4 Å². The Balaban J connectivity index is 1.84. The van der Waals surface area contributed by atoms with Gasteiger partial charge in [-0.1, -0.05) is 5.16 Å². The third kappa shape index (κ3) is 2.83. The Morgan fingerprint density at radius 1 is 1.24 bits per heavy atom. The van der Waals surface area contributed by atoms with E-state index in [-0.39, 0.29) is 11.4 Å². The predicted octanol–water partition coefficient (Wildman–Crippen LogP) is 1.20. The molecule has 1 N–H and O–H groups in total. The molecule has 0 bridgehead atoms. The molecule has 0 fully saturated rings. The average Bonchev–Trinajstić information content (AvgIpc) is 3.18. The Bertz CT molecular complexity index is 813. The first-order valence-corrected chi connectivity index (χ1v) is 7.38. The van der Waals surface area contributed by atoms with Crippen molar-refractivity contribution in [3.05, 3.63) is 48.9 Å². The standard InChI is InChI=1S/C12H10N4O4S/c17-21(18,9-6-15-20-8-9)16-7-10-12(14-4-3-13-10)11-2-1-5-19-11/h1-6,8,16H,7H2. The second kappa shape index (κ2) is 5.46. The van der Waals surface area contributed by atoms with Crippen LogP contribution in [0.15, 0.2) is 57.1 Å². The van der Waals surface area contributed by atoms with E-state index in [0.717, 1.165) is 12.5 Å². The average molecular weight is 306 g/mol. The Morgan fingerprint density at radius 3 is 2.81 bits per heavy atom. The van der Waals surface area contributed by atoms with Crippen LogP contribution < -0.4 is 4.72 Å². The number of aromatic nitrogens is 3. The molecule has 0 saturated heterocycles. The van der Waals surface area contributed by atoms with Crippen LogP contribution in [0.1, 0.15) is 5.69 Å². The largest absolute Gasteiger partial charge is 0.463 e. The number of sulfonamides is 1. The second-order valence-electron chi connectivity index (χ2n) is 4.01. The summed E-state index contributed by atoms with van der Waals surface area (Å²) in [5, 5.41) is 3.36. The first-order chi connectivity index (χ1) is 10.2. The summed E-state index contributed by atoms with van der Waals surface area (Å²) in [6.45, 7) is -0.0304.